The molecule has 2 aromatic rings. The van der Waals surface area contributed by atoms with Crippen molar-refractivity contribution in [2.24, 2.45) is 5.73 Å². The first kappa shape index (κ1) is 13.9. The van der Waals surface area contributed by atoms with Gasteiger partial charge in [-0.05, 0) is 42.0 Å². The van der Waals surface area contributed by atoms with Crippen LogP contribution in [-0.4, -0.2) is 13.0 Å². The van der Waals surface area contributed by atoms with Crippen LogP contribution in [0.3, 0.4) is 0 Å². The van der Waals surface area contributed by atoms with E-state index in [0.29, 0.717) is 17.8 Å². The summed E-state index contributed by atoms with van der Waals surface area (Å²) in [6.45, 7) is 0.552. The number of carbonyl (C=O) groups is 1. The van der Waals surface area contributed by atoms with Crippen molar-refractivity contribution in [1.82, 2.24) is 0 Å². The number of hydrogen-bond donors (Lipinski definition) is 2. The molecule has 0 bridgehead atoms. The molecule has 0 aromatic heterocycles. The van der Waals surface area contributed by atoms with Crippen LogP contribution < -0.4 is 16.4 Å². The number of carbonyl (C=O) groups excluding carboxylic acids is 1. The number of amides is 1. The van der Waals surface area contributed by atoms with Crippen LogP contribution in [0.25, 0.3) is 0 Å². The first-order chi connectivity index (χ1) is 9.47. The van der Waals surface area contributed by atoms with Gasteiger partial charge < -0.3 is 16.4 Å². The van der Waals surface area contributed by atoms with Crippen molar-refractivity contribution in [3.63, 3.8) is 0 Å². The van der Waals surface area contributed by atoms with Gasteiger partial charge in [-0.25, -0.2) is 4.39 Å². The SMILES string of the molecule is CN(Cc1ccc(C(N)=O)cc1N)c1ccc(F)cc1. The van der Waals surface area contributed by atoms with Gasteiger partial charge in [0.2, 0.25) is 5.91 Å². The normalized spacial score (nSPS) is 10.3. The van der Waals surface area contributed by atoms with E-state index in [2.05, 4.69) is 0 Å². The molecule has 0 unspecified atom stereocenters. The smallest absolute Gasteiger partial charge is 0.248 e. The van der Waals surface area contributed by atoms with Gasteiger partial charge in [0.1, 0.15) is 5.82 Å². The van der Waals surface area contributed by atoms with E-state index in [1.807, 2.05) is 11.9 Å². The molecule has 1 amide bonds. The number of rotatable bonds is 4. The molecule has 0 heterocycles. The molecule has 2 aromatic carbocycles. The fourth-order valence-electron chi connectivity index (χ4n) is 1.93. The fraction of sp³-hybridized carbons (Fsp3) is 0.133. The summed E-state index contributed by atoms with van der Waals surface area (Å²) in [5.74, 6) is -0.775. The molecule has 0 spiro atoms. The van der Waals surface area contributed by atoms with E-state index in [1.165, 1.54) is 12.1 Å². The van der Waals surface area contributed by atoms with E-state index in [9.17, 15) is 9.18 Å². The molecule has 0 saturated heterocycles. The van der Waals surface area contributed by atoms with Gasteiger partial charge in [-0.3, -0.25) is 4.79 Å². The maximum atomic E-state index is 12.9. The summed E-state index contributed by atoms with van der Waals surface area (Å²) in [5, 5.41) is 0. The number of halogens is 1. The zero-order chi connectivity index (χ0) is 14.7. The van der Waals surface area contributed by atoms with Crippen LogP contribution in [0.5, 0.6) is 0 Å². The Morgan fingerprint density at radius 1 is 1.20 bits per heavy atom. The van der Waals surface area contributed by atoms with Gasteiger partial charge >= 0.3 is 0 Å². The predicted molar refractivity (Wildman–Crippen MR) is 77.9 cm³/mol. The third-order valence-corrected chi connectivity index (χ3v) is 3.11. The number of nitrogens with zero attached hydrogens (tertiary/aromatic N) is 1. The lowest BCUT2D eigenvalue weighted by Gasteiger charge is -2.20. The van der Waals surface area contributed by atoms with Crippen molar-refractivity contribution in [3.8, 4) is 0 Å². The molecule has 0 atom stereocenters. The number of benzene rings is 2. The molecule has 5 heteroatoms. The van der Waals surface area contributed by atoms with Gasteiger partial charge in [-0.2, -0.15) is 0 Å². The second-order valence-electron chi connectivity index (χ2n) is 4.61. The van der Waals surface area contributed by atoms with Crippen molar-refractivity contribution in [2.75, 3.05) is 17.7 Å². The second-order valence-corrected chi connectivity index (χ2v) is 4.61. The molecular weight excluding hydrogens is 257 g/mol. The van der Waals surface area contributed by atoms with Crippen LogP contribution in [0.1, 0.15) is 15.9 Å². The van der Waals surface area contributed by atoms with Crippen molar-refractivity contribution in [1.29, 1.82) is 0 Å². The molecule has 4 nitrogen and oxygen atoms in total. The number of hydrogen-bond acceptors (Lipinski definition) is 3. The van der Waals surface area contributed by atoms with E-state index in [4.69, 9.17) is 11.5 Å². The van der Waals surface area contributed by atoms with E-state index >= 15 is 0 Å². The van der Waals surface area contributed by atoms with Crippen LogP contribution in [0.15, 0.2) is 42.5 Å². The Labute approximate surface area is 116 Å². The topological polar surface area (TPSA) is 72.3 Å². The van der Waals surface area contributed by atoms with E-state index < -0.39 is 5.91 Å². The standard InChI is InChI=1S/C15H16FN3O/c1-19(13-6-4-12(16)5-7-13)9-11-3-2-10(15(18)20)8-14(11)17/h2-8H,9,17H2,1H3,(H2,18,20). The van der Waals surface area contributed by atoms with Gasteiger partial charge in [-0.15, -0.1) is 0 Å². The number of nitrogens with two attached hydrogens (primary N) is 2. The molecule has 0 aliphatic carbocycles. The Kier molecular flexibility index (Phi) is 3.89. The Balaban J connectivity index is 2.17. The van der Waals surface area contributed by atoms with Gasteiger partial charge in [0, 0.05) is 30.5 Å². The monoisotopic (exact) mass is 273 g/mol. The molecule has 2 rings (SSSR count). The highest BCUT2D eigenvalue weighted by molar-refractivity contribution is 5.93. The average molecular weight is 273 g/mol. The Bertz CT molecular complexity index is 626. The average Bonchev–Trinajstić information content (AvgIpc) is 2.41. The summed E-state index contributed by atoms with van der Waals surface area (Å²) in [6.07, 6.45) is 0. The zero-order valence-electron chi connectivity index (χ0n) is 11.1. The molecule has 104 valence electrons. The Morgan fingerprint density at radius 3 is 2.40 bits per heavy atom. The third kappa shape index (κ3) is 3.06. The molecule has 0 saturated carbocycles. The highest BCUT2D eigenvalue weighted by atomic mass is 19.1. The highest BCUT2D eigenvalue weighted by Gasteiger charge is 2.08. The zero-order valence-corrected chi connectivity index (χ0v) is 11.1. The van der Waals surface area contributed by atoms with Crippen molar-refractivity contribution < 1.29 is 9.18 Å². The van der Waals surface area contributed by atoms with Crippen molar-refractivity contribution >= 4 is 17.3 Å². The van der Waals surface area contributed by atoms with Crippen LogP contribution in [0.4, 0.5) is 15.8 Å². The summed E-state index contributed by atoms with van der Waals surface area (Å²) < 4.78 is 12.9. The number of nitrogen functional groups attached to an aromatic ring is 1. The Morgan fingerprint density at radius 2 is 1.85 bits per heavy atom. The fourth-order valence-corrected chi connectivity index (χ4v) is 1.93. The van der Waals surface area contributed by atoms with Crippen LogP contribution in [0, 0.1) is 5.82 Å². The maximum absolute atomic E-state index is 12.9. The molecule has 4 N–H and O–H groups in total. The largest absolute Gasteiger partial charge is 0.398 e. The predicted octanol–water partition coefficient (Wildman–Crippen LogP) is 2.14. The van der Waals surface area contributed by atoms with E-state index in [0.717, 1.165) is 11.3 Å². The first-order valence-corrected chi connectivity index (χ1v) is 6.12. The third-order valence-electron chi connectivity index (χ3n) is 3.11. The molecule has 20 heavy (non-hydrogen) atoms. The maximum Gasteiger partial charge on any atom is 0.248 e. The minimum absolute atomic E-state index is 0.271. The van der Waals surface area contributed by atoms with Crippen LogP contribution in [-0.2, 0) is 6.54 Å². The minimum Gasteiger partial charge on any atom is -0.398 e. The summed E-state index contributed by atoms with van der Waals surface area (Å²) in [7, 11) is 1.88. The Hall–Kier alpha value is -2.56. The summed E-state index contributed by atoms with van der Waals surface area (Å²) in [6, 6.07) is 11.2. The van der Waals surface area contributed by atoms with Gasteiger partial charge in [0.25, 0.3) is 0 Å². The van der Waals surface area contributed by atoms with Crippen LogP contribution >= 0.6 is 0 Å². The van der Waals surface area contributed by atoms with Crippen molar-refractivity contribution in [2.45, 2.75) is 6.54 Å². The van der Waals surface area contributed by atoms with E-state index in [-0.39, 0.29) is 5.82 Å². The van der Waals surface area contributed by atoms with Crippen LogP contribution in [0.2, 0.25) is 0 Å². The molecule has 0 aliphatic heterocycles. The van der Waals surface area contributed by atoms with Crippen molar-refractivity contribution in [3.05, 3.63) is 59.4 Å². The van der Waals surface area contributed by atoms with Gasteiger partial charge in [0.05, 0.1) is 0 Å². The molecule has 0 fully saturated rings. The lowest BCUT2D eigenvalue weighted by molar-refractivity contribution is 0.100. The highest BCUT2D eigenvalue weighted by Crippen LogP contribution is 2.20. The summed E-state index contributed by atoms with van der Waals surface area (Å²) >= 11 is 0. The number of anilines is 2. The molecular formula is C15H16FN3O. The lowest BCUT2D eigenvalue weighted by atomic mass is 10.1. The molecule has 0 radical (unpaired) electrons. The lowest BCUT2D eigenvalue weighted by Crippen LogP contribution is -2.18. The minimum atomic E-state index is -0.505. The second kappa shape index (κ2) is 5.61. The summed E-state index contributed by atoms with van der Waals surface area (Å²) in [5.41, 5.74) is 13.8. The van der Waals surface area contributed by atoms with Gasteiger partial charge in [0.15, 0.2) is 0 Å². The van der Waals surface area contributed by atoms with E-state index in [1.54, 1.807) is 30.3 Å². The van der Waals surface area contributed by atoms with Gasteiger partial charge in [-0.1, -0.05) is 6.07 Å². The quantitative estimate of drug-likeness (QED) is 0.838. The number of primary amides is 1. The summed E-state index contributed by atoms with van der Waals surface area (Å²) in [4.78, 5) is 13.0. The first-order valence-electron chi connectivity index (χ1n) is 6.12. The molecule has 0 aliphatic rings.